The van der Waals surface area contributed by atoms with Crippen molar-refractivity contribution in [1.82, 2.24) is 9.13 Å². The molecule has 0 N–H and O–H groups in total. The van der Waals surface area contributed by atoms with Crippen LogP contribution >= 0.6 is 0 Å². The van der Waals surface area contributed by atoms with Crippen LogP contribution in [-0.4, -0.2) is 9.13 Å². The van der Waals surface area contributed by atoms with E-state index in [1.165, 1.54) is 58.1 Å². The third-order valence-corrected chi connectivity index (χ3v) is 13.3. The van der Waals surface area contributed by atoms with Gasteiger partial charge in [0.2, 0.25) is 0 Å². The molecule has 0 bridgehead atoms. The number of nitrogens with zero attached hydrogens (tertiary/aromatic N) is 2. The monoisotopic (exact) mass is 610 g/mol. The summed E-state index contributed by atoms with van der Waals surface area (Å²) in [7, 11) is 0. The molecule has 38 heavy (non-hydrogen) atoms. The van der Waals surface area contributed by atoms with Gasteiger partial charge in [0.15, 0.2) is 0 Å². The molecule has 3 aliphatic rings. The number of benzene rings is 3. The van der Waals surface area contributed by atoms with E-state index in [-0.39, 0.29) is 28.1 Å². The van der Waals surface area contributed by atoms with Crippen LogP contribution in [0, 0.1) is 0 Å². The third kappa shape index (κ3) is 3.63. The second kappa shape index (κ2) is 9.87. The average molecular weight is 613 g/mol. The second-order valence-electron chi connectivity index (χ2n) is 10.2. The Balaban J connectivity index is 0.00000132. The normalized spacial score (nSPS) is 20.2. The van der Waals surface area contributed by atoms with Gasteiger partial charge in [-0.3, -0.25) is 0 Å². The van der Waals surface area contributed by atoms with Gasteiger partial charge in [0.1, 0.15) is 0 Å². The van der Waals surface area contributed by atoms with Crippen LogP contribution in [0.25, 0.3) is 28.8 Å². The van der Waals surface area contributed by atoms with Crippen LogP contribution in [0.1, 0.15) is 43.6 Å². The van der Waals surface area contributed by atoms with E-state index in [0.717, 1.165) is 0 Å². The van der Waals surface area contributed by atoms with Gasteiger partial charge < -0.3 is 24.8 Å². The van der Waals surface area contributed by atoms with Gasteiger partial charge in [0.25, 0.3) is 0 Å². The van der Waals surface area contributed by atoms with Gasteiger partial charge in [-0.25, -0.2) is 0 Å². The smallest absolute Gasteiger partial charge is 1.00 e. The van der Waals surface area contributed by atoms with Crippen molar-refractivity contribution in [2.24, 2.45) is 0 Å². The minimum absolute atomic E-state index is 0. The molecular weight excluding hydrogens is 587 g/mol. The fraction of sp³-hybridized carbons (Fsp3) is 0.152. The molecule has 0 radical (unpaired) electrons. The van der Waals surface area contributed by atoms with Gasteiger partial charge in [-0.1, -0.05) is 0 Å². The van der Waals surface area contributed by atoms with Crippen LogP contribution in [0.4, 0.5) is 0 Å². The van der Waals surface area contributed by atoms with E-state index in [2.05, 4.69) is 125 Å². The van der Waals surface area contributed by atoms with E-state index in [0.29, 0.717) is 3.63 Å². The van der Waals surface area contributed by atoms with E-state index in [1.54, 1.807) is 11.3 Å². The zero-order chi connectivity index (χ0) is 23.7. The zero-order valence-electron chi connectivity index (χ0n) is 20.8. The molecule has 8 rings (SSSR count). The molecule has 0 spiro atoms. The Hall–Kier alpha value is -2.58. The Kier molecular flexibility index (Phi) is 6.67. The van der Waals surface area contributed by atoms with Crippen molar-refractivity contribution in [3.8, 4) is 0 Å². The maximum Gasteiger partial charge on any atom is -1.00 e. The van der Waals surface area contributed by atoms with E-state index < -0.39 is 23.2 Å². The molecule has 3 aromatic carbocycles. The standard InChI is InChI=1S/C20H16N.C13H10N.2ClH.Zr/c1-2-7-15-13-16(12-14(15)6-1)21-19-10-4-3-8-17(19)18-9-5-11-20(18)21;1-2-6-12-11(5-1)7-8-13(12)14-9-3-4-10-14;;;/h1-4,6-8,10,12-13H,5,9,11H2;1-10H;2*1H;/q;;;;+2/p-2. The van der Waals surface area contributed by atoms with Crippen molar-refractivity contribution in [1.29, 1.82) is 0 Å². The van der Waals surface area contributed by atoms with Crippen molar-refractivity contribution < 1.29 is 48.0 Å². The number of halogens is 2. The molecule has 0 aliphatic heterocycles. The van der Waals surface area contributed by atoms with Crippen molar-refractivity contribution in [3.63, 3.8) is 0 Å². The van der Waals surface area contributed by atoms with Gasteiger partial charge in [-0.05, 0) is 0 Å². The molecule has 2 unspecified atom stereocenters. The van der Waals surface area contributed by atoms with Crippen LogP contribution < -0.4 is 24.8 Å². The largest absolute Gasteiger partial charge is 1.00 e. The van der Waals surface area contributed by atoms with Gasteiger partial charge in [0.05, 0.1) is 0 Å². The number of fused-ring (bicyclic) bond motifs is 5. The van der Waals surface area contributed by atoms with E-state index in [9.17, 15) is 0 Å². The van der Waals surface area contributed by atoms with Gasteiger partial charge >= 0.3 is 224 Å². The molecule has 0 fully saturated rings. The molecule has 5 aromatic rings. The topological polar surface area (TPSA) is 9.86 Å². The SMILES string of the molecule is C1=C[C]([Zr+2][CH]2C(n3c4c(c5ccccc53)CCC4)=Cc3ccccc32)(n2cccc2)c2ccccc21.[Cl-].[Cl-]. The first-order valence-electron chi connectivity index (χ1n) is 13.0. The molecule has 2 heterocycles. The fourth-order valence-corrected chi connectivity index (χ4v) is 11.9. The summed E-state index contributed by atoms with van der Waals surface area (Å²) in [5, 5.41) is 1.46. The average Bonchev–Trinajstić information content (AvgIpc) is 3.73. The van der Waals surface area contributed by atoms with Crippen LogP contribution in [0.5, 0.6) is 0 Å². The molecule has 3 aliphatic carbocycles. The summed E-state index contributed by atoms with van der Waals surface area (Å²) >= 11 is -1.19. The first-order chi connectivity index (χ1) is 17.8. The molecule has 5 heteroatoms. The number of aryl methyl sites for hydroxylation is 1. The maximum atomic E-state index is 2.68. The summed E-state index contributed by atoms with van der Waals surface area (Å²) < 4.78 is 5.59. The minimum atomic E-state index is -1.19. The van der Waals surface area contributed by atoms with Crippen molar-refractivity contribution >= 4 is 28.8 Å². The molecule has 2 aromatic heterocycles. The van der Waals surface area contributed by atoms with Crippen LogP contribution in [0.2, 0.25) is 0 Å². The number of para-hydroxylation sites is 1. The van der Waals surface area contributed by atoms with Crippen molar-refractivity contribution in [2.75, 3.05) is 0 Å². The van der Waals surface area contributed by atoms with Gasteiger partial charge in [-0.15, -0.1) is 0 Å². The maximum absolute atomic E-state index is 2.68. The van der Waals surface area contributed by atoms with E-state index in [1.807, 2.05) is 0 Å². The third-order valence-electron chi connectivity index (χ3n) is 8.34. The zero-order valence-corrected chi connectivity index (χ0v) is 24.8. The number of hydrogen-bond acceptors (Lipinski definition) is 0. The molecule has 186 valence electrons. The molecular formula is C33H26Cl2N2Zr. The number of aromatic nitrogens is 2. The Morgan fingerprint density at radius 2 is 1.50 bits per heavy atom. The molecule has 0 amide bonds. The molecule has 0 saturated carbocycles. The van der Waals surface area contributed by atoms with Gasteiger partial charge in [0, 0.05) is 0 Å². The van der Waals surface area contributed by atoms with Crippen LogP contribution in [0.3, 0.4) is 0 Å². The summed E-state index contributed by atoms with van der Waals surface area (Å²) in [5.41, 5.74) is 11.8. The van der Waals surface area contributed by atoms with Crippen molar-refractivity contribution in [2.45, 2.75) is 26.1 Å². The molecule has 2 atom stereocenters. The Morgan fingerprint density at radius 3 is 2.37 bits per heavy atom. The van der Waals surface area contributed by atoms with E-state index >= 15 is 0 Å². The Morgan fingerprint density at radius 1 is 0.763 bits per heavy atom. The first-order valence-corrected chi connectivity index (χ1v) is 15.6. The number of allylic oxidation sites excluding steroid dienone is 2. The fourth-order valence-electron chi connectivity index (χ4n) is 6.79. The quantitative estimate of drug-likeness (QED) is 0.292. The van der Waals surface area contributed by atoms with Crippen LogP contribution in [0.15, 0.2) is 103 Å². The summed E-state index contributed by atoms with van der Waals surface area (Å²) in [4.78, 5) is 0. The number of hydrogen-bond donors (Lipinski definition) is 0. The predicted octanol–water partition coefficient (Wildman–Crippen LogP) is 1.50. The van der Waals surface area contributed by atoms with Crippen LogP contribution in [-0.2, 0) is 39.3 Å². The summed E-state index contributed by atoms with van der Waals surface area (Å²) in [6, 6.07) is 31.6. The first kappa shape index (κ1) is 25.7. The summed E-state index contributed by atoms with van der Waals surface area (Å²) in [5.74, 6) is 0. The van der Waals surface area contributed by atoms with Gasteiger partial charge in [-0.2, -0.15) is 0 Å². The molecule has 2 nitrogen and oxygen atoms in total. The Labute approximate surface area is 247 Å². The predicted molar refractivity (Wildman–Crippen MR) is 144 cm³/mol. The molecule has 0 saturated heterocycles. The van der Waals surface area contributed by atoms with Crippen molar-refractivity contribution in [3.05, 3.63) is 137 Å². The summed E-state index contributed by atoms with van der Waals surface area (Å²) in [6.07, 6.45) is 15.6. The second-order valence-corrected chi connectivity index (χ2v) is 14.2. The summed E-state index contributed by atoms with van der Waals surface area (Å²) in [6.45, 7) is 0. The Bertz CT molecular complexity index is 1710. The van der Waals surface area contributed by atoms with E-state index in [4.69, 9.17) is 0 Å². The number of rotatable bonds is 4. The minimum Gasteiger partial charge on any atom is -1.00 e.